The molecule has 144 valence electrons. The Hall–Kier alpha value is -3.05. The van der Waals surface area contributed by atoms with Gasteiger partial charge in [-0.15, -0.1) is 0 Å². The van der Waals surface area contributed by atoms with Gasteiger partial charge in [-0.05, 0) is 42.3 Å². The van der Waals surface area contributed by atoms with Crippen LogP contribution in [0.1, 0.15) is 24.9 Å². The van der Waals surface area contributed by atoms with Gasteiger partial charge in [0, 0.05) is 23.4 Å². The molecule has 0 spiro atoms. The van der Waals surface area contributed by atoms with E-state index in [1.807, 2.05) is 43.3 Å². The number of rotatable bonds is 8. The summed E-state index contributed by atoms with van der Waals surface area (Å²) >= 11 is 5.93. The van der Waals surface area contributed by atoms with E-state index >= 15 is 0 Å². The van der Waals surface area contributed by atoms with E-state index in [9.17, 15) is 4.79 Å². The second kappa shape index (κ2) is 9.76. The molecule has 3 aromatic rings. The van der Waals surface area contributed by atoms with Crippen molar-refractivity contribution in [2.45, 2.75) is 19.4 Å². The topological polar surface area (TPSA) is 60.5 Å². The molecular weight excluding hydrogens is 376 g/mol. The maximum Gasteiger partial charge on any atom is 0.258 e. The van der Waals surface area contributed by atoms with Crippen molar-refractivity contribution in [1.82, 2.24) is 10.3 Å². The van der Waals surface area contributed by atoms with E-state index in [2.05, 4.69) is 10.3 Å². The number of carbonyl (C=O) groups excluding carboxylic acids is 1. The van der Waals surface area contributed by atoms with Gasteiger partial charge in [0.15, 0.2) is 6.61 Å². The van der Waals surface area contributed by atoms with Gasteiger partial charge in [0.05, 0.1) is 6.04 Å². The lowest BCUT2D eigenvalue weighted by molar-refractivity contribution is -0.123. The van der Waals surface area contributed by atoms with Crippen LogP contribution in [0.25, 0.3) is 0 Å². The van der Waals surface area contributed by atoms with Crippen LogP contribution in [0.15, 0.2) is 72.9 Å². The number of pyridine rings is 1. The maximum absolute atomic E-state index is 12.3. The molecule has 2 aromatic carbocycles. The molecule has 1 aromatic heterocycles. The van der Waals surface area contributed by atoms with E-state index in [0.717, 1.165) is 12.0 Å². The highest BCUT2D eigenvalue weighted by Gasteiger charge is 2.13. The lowest BCUT2D eigenvalue weighted by atomic mass is 10.0. The van der Waals surface area contributed by atoms with Gasteiger partial charge in [-0.1, -0.05) is 42.8 Å². The molecule has 28 heavy (non-hydrogen) atoms. The molecule has 6 heteroatoms. The van der Waals surface area contributed by atoms with Crippen LogP contribution in [-0.4, -0.2) is 17.5 Å². The maximum atomic E-state index is 12.3. The summed E-state index contributed by atoms with van der Waals surface area (Å²) in [6.07, 6.45) is 2.42. The fourth-order valence-electron chi connectivity index (χ4n) is 2.66. The number of halogens is 1. The number of aromatic nitrogens is 1. The van der Waals surface area contributed by atoms with Crippen molar-refractivity contribution < 1.29 is 14.3 Å². The van der Waals surface area contributed by atoms with E-state index in [0.29, 0.717) is 22.4 Å². The summed E-state index contributed by atoms with van der Waals surface area (Å²) in [6, 6.07) is 19.9. The first-order valence-corrected chi connectivity index (χ1v) is 9.38. The highest BCUT2D eigenvalue weighted by atomic mass is 35.5. The molecule has 3 rings (SSSR count). The van der Waals surface area contributed by atoms with Crippen LogP contribution in [-0.2, 0) is 4.79 Å². The van der Waals surface area contributed by atoms with E-state index in [1.165, 1.54) is 0 Å². The molecule has 1 atom stereocenters. The minimum Gasteiger partial charge on any atom is -0.484 e. The number of ether oxygens (including phenoxy) is 2. The summed E-state index contributed by atoms with van der Waals surface area (Å²) < 4.78 is 11.3. The summed E-state index contributed by atoms with van der Waals surface area (Å²) in [5.41, 5.74) is 1.01. The Morgan fingerprint density at radius 1 is 1.07 bits per heavy atom. The monoisotopic (exact) mass is 396 g/mol. The van der Waals surface area contributed by atoms with Crippen molar-refractivity contribution >= 4 is 17.5 Å². The summed E-state index contributed by atoms with van der Waals surface area (Å²) in [5.74, 6) is 1.43. The number of nitrogens with one attached hydrogen (secondary N) is 1. The number of nitrogens with zero attached hydrogens (tertiary/aromatic N) is 1. The van der Waals surface area contributed by atoms with Crippen LogP contribution in [0.4, 0.5) is 0 Å². The van der Waals surface area contributed by atoms with Gasteiger partial charge in [0.1, 0.15) is 11.5 Å². The Bertz CT molecular complexity index is 901. The Morgan fingerprint density at radius 2 is 1.86 bits per heavy atom. The molecule has 1 amide bonds. The molecule has 0 fully saturated rings. The van der Waals surface area contributed by atoms with Gasteiger partial charge in [-0.3, -0.25) is 4.79 Å². The second-order valence-corrected chi connectivity index (χ2v) is 6.55. The SMILES string of the molecule is CC[C@H](NC(=O)COc1cccc(Oc2ccccn2)c1)c1ccc(Cl)cc1. The Morgan fingerprint density at radius 3 is 2.57 bits per heavy atom. The highest BCUT2D eigenvalue weighted by molar-refractivity contribution is 6.30. The third kappa shape index (κ3) is 5.72. The van der Waals surface area contributed by atoms with Crippen LogP contribution in [0, 0.1) is 0 Å². The summed E-state index contributed by atoms with van der Waals surface area (Å²) in [4.78, 5) is 16.4. The number of hydrogen-bond acceptors (Lipinski definition) is 4. The fraction of sp³-hybridized carbons (Fsp3) is 0.182. The molecule has 5 nitrogen and oxygen atoms in total. The zero-order valence-corrected chi connectivity index (χ0v) is 16.2. The lowest BCUT2D eigenvalue weighted by Crippen LogP contribution is -2.32. The largest absolute Gasteiger partial charge is 0.484 e. The van der Waals surface area contributed by atoms with E-state index in [4.69, 9.17) is 21.1 Å². The molecule has 1 heterocycles. The van der Waals surface area contributed by atoms with Crippen LogP contribution in [0.5, 0.6) is 17.4 Å². The van der Waals surface area contributed by atoms with Crippen molar-refractivity contribution in [2.75, 3.05) is 6.61 Å². The molecule has 0 aliphatic carbocycles. The summed E-state index contributed by atoms with van der Waals surface area (Å²) in [5, 5.41) is 3.65. The molecule has 1 N–H and O–H groups in total. The number of carbonyl (C=O) groups is 1. The Labute approximate surface area is 169 Å². The first kappa shape index (κ1) is 19.7. The second-order valence-electron chi connectivity index (χ2n) is 6.11. The van der Waals surface area contributed by atoms with Crippen LogP contribution < -0.4 is 14.8 Å². The minimum absolute atomic E-state index is 0.0862. The first-order valence-electron chi connectivity index (χ1n) is 9.00. The zero-order chi connectivity index (χ0) is 19.8. The highest BCUT2D eigenvalue weighted by Crippen LogP contribution is 2.24. The Kier molecular flexibility index (Phi) is 6.87. The quantitative estimate of drug-likeness (QED) is 0.570. The van der Waals surface area contributed by atoms with E-state index in [1.54, 1.807) is 36.5 Å². The fourth-order valence-corrected chi connectivity index (χ4v) is 2.78. The summed E-state index contributed by atoms with van der Waals surface area (Å²) in [6.45, 7) is 1.93. The molecule has 0 aliphatic heterocycles. The standard InChI is InChI=1S/C22H21ClN2O3/c1-2-20(16-9-11-17(23)12-10-16)25-21(26)15-27-18-6-5-7-19(14-18)28-22-8-3-4-13-24-22/h3-14,20H,2,15H2,1H3,(H,25,26)/t20-/m0/s1. The van der Waals surface area contributed by atoms with Crippen LogP contribution in [0.3, 0.4) is 0 Å². The number of hydrogen-bond donors (Lipinski definition) is 1. The third-order valence-corrected chi connectivity index (χ3v) is 4.30. The number of benzene rings is 2. The molecule has 0 radical (unpaired) electrons. The van der Waals surface area contributed by atoms with Crippen molar-refractivity contribution in [3.63, 3.8) is 0 Å². The van der Waals surface area contributed by atoms with Crippen LogP contribution in [0.2, 0.25) is 5.02 Å². The lowest BCUT2D eigenvalue weighted by Gasteiger charge is -2.18. The molecule has 0 saturated heterocycles. The zero-order valence-electron chi connectivity index (χ0n) is 15.5. The minimum atomic E-state index is -0.196. The van der Waals surface area contributed by atoms with Crippen molar-refractivity contribution in [3.05, 3.63) is 83.5 Å². The third-order valence-electron chi connectivity index (χ3n) is 4.05. The first-order chi connectivity index (χ1) is 13.6. The molecular formula is C22H21ClN2O3. The predicted octanol–water partition coefficient (Wildman–Crippen LogP) is 5.17. The molecule has 0 aliphatic rings. The average Bonchev–Trinajstić information content (AvgIpc) is 2.72. The van der Waals surface area contributed by atoms with Gasteiger partial charge < -0.3 is 14.8 Å². The smallest absolute Gasteiger partial charge is 0.258 e. The van der Waals surface area contributed by atoms with Gasteiger partial charge in [0.2, 0.25) is 5.88 Å². The summed E-state index contributed by atoms with van der Waals surface area (Å²) in [7, 11) is 0. The molecule has 0 saturated carbocycles. The molecule has 0 unspecified atom stereocenters. The van der Waals surface area contributed by atoms with E-state index in [-0.39, 0.29) is 18.6 Å². The van der Waals surface area contributed by atoms with Crippen molar-refractivity contribution in [1.29, 1.82) is 0 Å². The normalized spacial score (nSPS) is 11.5. The van der Waals surface area contributed by atoms with Gasteiger partial charge in [0.25, 0.3) is 5.91 Å². The van der Waals surface area contributed by atoms with Gasteiger partial charge >= 0.3 is 0 Å². The Balaban J connectivity index is 1.55. The van der Waals surface area contributed by atoms with Gasteiger partial charge in [-0.25, -0.2) is 4.98 Å². The van der Waals surface area contributed by atoms with E-state index < -0.39 is 0 Å². The van der Waals surface area contributed by atoms with Crippen molar-refractivity contribution in [3.8, 4) is 17.4 Å². The predicted molar refractivity (Wildman–Crippen MR) is 109 cm³/mol. The van der Waals surface area contributed by atoms with Gasteiger partial charge in [-0.2, -0.15) is 0 Å². The average molecular weight is 397 g/mol. The molecule has 0 bridgehead atoms. The van der Waals surface area contributed by atoms with Crippen LogP contribution >= 0.6 is 11.6 Å². The van der Waals surface area contributed by atoms with Crippen molar-refractivity contribution in [2.24, 2.45) is 0 Å². The number of amides is 1.